The summed E-state index contributed by atoms with van der Waals surface area (Å²) in [6, 6.07) is 15.5. The van der Waals surface area contributed by atoms with Gasteiger partial charge in [-0.15, -0.1) is 0 Å². The zero-order valence-corrected chi connectivity index (χ0v) is 23.9. The van der Waals surface area contributed by atoms with E-state index in [4.69, 9.17) is 8.83 Å². The molecule has 0 saturated heterocycles. The Morgan fingerprint density at radius 2 is 1.25 bits per heavy atom. The number of thiazole rings is 2. The van der Waals surface area contributed by atoms with E-state index in [1.165, 1.54) is 11.3 Å². The molecule has 0 fully saturated rings. The van der Waals surface area contributed by atoms with E-state index in [0.29, 0.717) is 10.8 Å². The van der Waals surface area contributed by atoms with Crippen LogP contribution in [0.4, 0.5) is 10.3 Å². The third-order valence-electron chi connectivity index (χ3n) is 5.01. The van der Waals surface area contributed by atoms with Gasteiger partial charge >= 0.3 is 0 Å². The van der Waals surface area contributed by atoms with Crippen LogP contribution in [0.25, 0.3) is 34.4 Å². The predicted octanol–water partition coefficient (Wildman–Crippen LogP) is 7.31. The fraction of sp³-hybridized carbons (Fsp3) is 0.207. The Kier molecular flexibility index (Phi) is 10.7. The van der Waals surface area contributed by atoms with E-state index >= 15 is 0 Å². The average Bonchev–Trinajstić information content (AvgIpc) is 3.72. The topological polar surface area (TPSA) is 101 Å². The van der Waals surface area contributed by atoms with Crippen LogP contribution in [0.5, 0.6) is 0 Å². The highest BCUT2D eigenvalue weighted by Crippen LogP contribution is 2.23. The summed E-state index contributed by atoms with van der Waals surface area (Å²) in [5.74, 6) is 1.34. The first-order valence-corrected chi connectivity index (χ1v) is 13.5. The Balaban J connectivity index is 0.000000178. The monoisotopic (exact) mass is 576 g/mol. The number of nitrogens with zero attached hydrogens (tertiary/aromatic N) is 6. The van der Waals surface area contributed by atoms with Crippen molar-refractivity contribution in [1.29, 1.82) is 0 Å². The number of aldehydes is 1. The second-order valence-electron chi connectivity index (χ2n) is 8.55. The van der Waals surface area contributed by atoms with Gasteiger partial charge in [0, 0.05) is 52.3 Å². The number of carbonyl (C=O) groups excluding carboxylic acids is 1. The molecule has 9 nitrogen and oxygen atoms in total. The number of benzene rings is 2. The van der Waals surface area contributed by atoms with Crippen LogP contribution in [0.2, 0.25) is 0 Å². The first kappa shape index (κ1) is 30.2. The van der Waals surface area contributed by atoms with E-state index in [9.17, 15) is 4.79 Å². The van der Waals surface area contributed by atoms with Gasteiger partial charge in [-0.2, -0.15) is 0 Å². The lowest BCUT2D eigenvalue weighted by Gasteiger charge is -2.04. The molecule has 0 aliphatic rings. The number of oxazole rings is 2. The van der Waals surface area contributed by atoms with Gasteiger partial charge in [-0.3, -0.25) is 4.79 Å². The molecule has 0 atom stereocenters. The number of hydrogen-bond donors (Lipinski definition) is 0. The van der Waals surface area contributed by atoms with Gasteiger partial charge in [0.1, 0.15) is 11.0 Å². The molecule has 0 radical (unpaired) electrons. The lowest BCUT2D eigenvalue weighted by atomic mass is 10.3. The number of para-hydroxylation sites is 4. The summed E-state index contributed by atoms with van der Waals surface area (Å²) in [6.45, 7) is 1.85. The summed E-state index contributed by atoms with van der Waals surface area (Å²) in [6.07, 6.45) is 8.07. The van der Waals surface area contributed by atoms with Crippen LogP contribution in [-0.4, -0.2) is 54.4 Å². The molecule has 0 amide bonds. The Morgan fingerprint density at radius 1 is 0.725 bits per heavy atom. The molecule has 2 aromatic carbocycles. The number of hydrogen-bond acceptors (Lipinski definition) is 11. The minimum Gasteiger partial charge on any atom is -0.441 e. The van der Waals surface area contributed by atoms with Gasteiger partial charge in [0.05, 0.1) is 11.1 Å². The molecule has 0 bridgehead atoms. The largest absolute Gasteiger partial charge is 0.441 e. The van der Waals surface area contributed by atoms with Crippen LogP contribution >= 0.6 is 22.7 Å². The van der Waals surface area contributed by atoms with Crippen LogP contribution in [0, 0.1) is 6.92 Å². The molecule has 0 spiro atoms. The van der Waals surface area contributed by atoms with Crippen LogP contribution in [0.15, 0.2) is 69.8 Å². The summed E-state index contributed by atoms with van der Waals surface area (Å²) in [4.78, 5) is 32.6. The summed E-state index contributed by atoms with van der Waals surface area (Å²) < 4.78 is 10.9. The maximum Gasteiger partial charge on any atom is 0.220 e. The quantitative estimate of drug-likeness (QED) is 0.195. The van der Waals surface area contributed by atoms with Crippen molar-refractivity contribution >= 4 is 73.6 Å². The molecule has 6 aromatic rings. The average molecular weight is 577 g/mol. The zero-order valence-electron chi connectivity index (χ0n) is 22.2. The van der Waals surface area contributed by atoms with Crippen molar-refractivity contribution in [2.45, 2.75) is 14.4 Å². The molecule has 40 heavy (non-hydrogen) atoms. The summed E-state index contributed by atoms with van der Waals surface area (Å²) in [5.41, 5.74) is 3.47. The molecule has 0 unspecified atom stereocenters. The molecule has 11 heteroatoms. The SMILES string of the molecule is C.CN(C)c1ncc(/C=C/c2nc3ccccc3o2)s1.CN(C)c1ncc(C=O)s1.Cc1nc2ccccc2o1. The molecule has 0 N–H and O–H groups in total. The van der Waals surface area contributed by atoms with Gasteiger partial charge in [-0.05, 0) is 30.3 Å². The van der Waals surface area contributed by atoms with Crippen LogP contribution in [0.1, 0.15) is 33.8 Å². The predicted molar refractivity (Wildman–Crippen MR) is 167 cm³/mol. The van der Waals surface area contributed by atoms with Crippen molar-refractivity contribution in [3.8, 4) is 0 Å². The lowest BCUT2D eigenvalue weighted by Crippen LogP contribution is -2.07. The molecule has 0 saturated carbocycles. The van der Waals surface area contributed by atoms with Gasteiger partial charge < -0.3 is 18.6 Å². The van der Waals surface area contributed by atoms with Gasteiger partial charge in [-0.1, -0.05) is 54.4 Å². The van der Waals surface area contributed by atoms with Gasteiger partial charge in [0.25, 0.3) is 0 Å². The van der Waals surface area contributed by atoms with Crippen molar-refractivity contribution in [3.63, 3.8) is 0 Å². The van der Waals surface area contributed by atoms with Gasteiger partial charge in [0.15, 0.2) is 33.6 Å². The second-order valence-corrected chi connectivity index (χ2v) is 10.6. The first-order valence-electron chi connectivity index (χ1n) is 11.9. The number of aryl methyl sites for hydroxylation is 1. The molecule has 4 heterocycles. The highest BCUT2D eigenvalue weighted by Gasteiger charge is 2.04. The Labute approximate surface area is 241 Å². The Morgan fingerprint density at radius 3 is 1.75 bits per heavy atom. The van der Waals surface area contributed by atoms with Crippen molar-refractivity contribution in [2.24, 2.45) is 0 Å². The normalized spacial score (nSPS) is 10.4. The summed E-state index contributed by atoms with van der Waals surface area (Å²) in [7, 11) is 7.75. The molecule has 208 valence electrons. The zero-order chi connectivity index (χ0) is 27.8. The van der Waals surface area contributed by atoms with Crippen LogP contribution < -0.4 is 9.80 Å². The Hall–Kier alpha value is -4.35. The highest BCUT2D eigenvalue weighted by atomic mass is 32.1. The number of rotatable bonds is 5. The van der Waals surface area contributed by atoms with E-state index in [2.05, 4.69) is 19.9 Å². The number of aromatic nitrogens is 4. The molecule has 0 aliphatic heterocycles. The maximum atomic E-state index is 10.2. The van der Waals surface area contributed by atoms with Gasteiger partial charge in [-0.25, -0.2) is 19.9 Å². The summed E-state index contributed by atoms with van der Waals surface area (Å²) >= 11 is 3.01. The fourth-order valence-electron chi connectivity index (χ4n) is 3.20. The van der Waals surface area contributed by atoms with E-state index in [1.54, 1.807) is 17.5 Å². The minimum atomic E-state index is 0. The van der Waals surface area contributed by atoms with E-state index in [1.807, 2.05) is 112 Å². The highest BCUT2D eigenvalue weighted by molar-refractivity contribution is 7.17. The molecule has 4 aromatic heterocycles. The molecular formula is C29H32N6O3S2. The molecular weight excluding hydrogens is 544 g/mol. The van der Waals surface area contributed by atoms with Crippen molar-refractivity contribution in [2.75, 3.05) is 38.0 Å². The number of anilines is 2. The smallest absolute Gasteiger partial charge is 0.220 e. The van der Waals surface area contributed by atoms with Crippen LogP contribution in [0.3, 0.4) is 0 Å². The van der Waals surface area contributed by atoms with E-state index in [-0.39, 0.29) is 7.43 Å². The van der Waals surface area contributed by atoms with Gasteiger partial charge in [0.2, 0.25) is 5.89 Å². The third kappa shape index (κ3) is 8.08. The first-order chi connectivity index (χ1) is 18.8. The fourth-order valence-corrected chi connectivity index (χ4v) is 4.59. The third-order valence-corrected chi connectivity index (χ3v) is 7.23. The van der Waals surface area contributed by atoms with E-state index < -0.39 is 0 Å². The van der Waals surface area contributed by atoms with E-state index in [0.717, 1.165) is 49.5 Å². The lowest BCUT2D eigenvalue weighted by molar-refractivity contribution is 0.112. The Bertz CT molecular complexity index is 1610. The van der Waals surface area contributed by atoms with Crippen molar-refractivity contribution in [3.05, 3.63) is 82.5 Å². The van der Waals surface area contributed by atoms with Crippen molar-refractivity contribution in [1.82, 2.24) is 19.9 Å². The molecule has 0 aliphatic carbocycles. The summed E-state index contributed by atoms with van der Waals surface area (Å²) in [5, 5.41) is 1.85. The standard InChI is InChI=1S/C14H13N3OS.C8H7NO.C6H8N2OS.CH4/c1-17(2)14-15-9-10(19-14)7-8-13-16-11-5-3-4-6-12(11)18-13;1-6-9-7-4-2-3-5-8(7)10-6;1-8(2)6-7-3-5(4-9)10-6;/h3-9H,1-2H3;2-5H,1H3;3-4H,1-2H3;1H4/b8-7+;;;. The maximum absolute atomic E-state index is 10.2. The minimum absolute atomic E-state index is 0. The number of carbonyl (C=O) groups is 1. The second kappa shape index (κ2) is 14.2. The number of fused-ring (bicyclic) bond motifs is 2. The van der Waals surface area contributed by atoms with Crippen LogP contribution in [-0.2, 0) is 0 Å². The van der Waals surface area contributed by atoms with Crippen molar-refractivity contribution < 1.29 is 13.6 Å². The molecule has 6 rings (SSSR count).